The average molecular weight is 409 g/mol. The van der Waals surface area contributed by atoms with Gasteiger partial charge in [0.1, 0.15) is 0 Å². The highest BCUT2D eigenvalue weighted by Gasteiger charge is 2.27. The van der Waals surface area contributed by atoms with Crippen LogP contribution in [0.3, 0.4) is 0 Å². The van der Waals surface area contributed by atoms with Crippen LogP contribution in [0.25, 0.3) is 0 Å². The number of hydrogen-bond donors (Lipinski definition) is 0. The Kier molecular flexibility index (Phi) is 7.51. The quantitative estimate of drug-likeness (QED) is 0.711. The van der Waals surface area contributed by atoms with Crippen molar-refractivity contribution in [2.75, 3.05) is 7.11 Å². The third kappa shape index (κ3) is 4.39. The van der Waals surface area contributed by atoms with Crippen molar-refractivity contribution >= 4 is 30.5 Å². The van der Waals surface area contributed by atoms with Gasteiger partial charge in [-0.15, -0.1) is 24.8 Å². The Morgan fingerprint density at radius 2 is 1.85 bits per heavy atom. The minimum atomic E-state index is 0. The molecule has 2 heterocycles. The number of hydrogen-bond acceptors (Lipinski definition) is 4. The van der Waals surface area contributed by atoms with Gasteiger partial charge in [-0.3, -0.25) is 9.98 Å². The second kappa shape index (κ2) is 9.43. The highest BCUT2D eigenvalue weighted by atomic mass is 35.5. The van der Waals surface area contributed by atoms with Crippen molar-refractivity contribution in [3.63, 3.8) is 0 Å². The lowest BCUT2D eigenvalue weighted by molar-refractivity contribution is 0.198. The lowest BCUT2D eigenvalue weighted by Gasteiger charge is -2.26. The summed E-state index contributed by atoms with van der Waals surface area (Å²) >= 11 is 0. The predicted molar refractivity (Wildman–Crippen MR) is 113 cm³/mol. The van der Waals surface area contributed by atoms with Crippen LogP contribution in [-0.4, -0.2) is 30.0 Å². The van der Waals surface area contributed by atoms with Crippen molar-refractivity contribution in [2.24, 2.45) is 4.99 Å². The Balaban J connectivity index is 0.00000131. The van der Waals surface area contributed by atoms with Crippen LogP contribution < -0.4 is 9.47 Å². The average Bonchev–Trinajstić information content (AvgIpc) is 3.15. The maximum absolute atomic E-state index is 6.43. The SMILES string of the molecule is COc1ccc2c(c1OC1CCCC1)CC(C)N=C2c1cccnc1.Cl.Cl. The van der Waals surface area contributed by atoms with E-state index in [9.17, 15) is 0 Å². The largest absolute Gasteiger partial charge is 0.493 e. The molecular weight excluding hydrogens is 383 g/mol. The van der Waals surface area contributed by atoms with Crippen molar-refractivity contribution in [1.29, 1.82) is 0 Å². The van der Waals surface area contributed by atoms with E-state index in [0.717, 1.165) is 47.6 Å². The van der Waals surface area contributed by atoms with Gasteiger partial charge in [-0.1, -0.05) is 0 Å². The molecule has 0 bridgehead atoms. The number of methoxy groups -OCH3 is 1. The van der Waals surface area contributed by atoms with E-state index in [1.165, 1.54) is 18.4 Å². The number of fused-ring (bicyclic) bond motifs is 1. The van der Waals surface area contributed by atoms with E-state index in [-0.39, 0.29) is 30.9 Å². The molecule has 0 saturated heterocycles. The van der Waals surface area contributed by atoms with Gasteiger partial charge in [0, 0.05) is 29.1 Å². The molecule has 1 unspecified atom stereocenters. The number of aliphatic imine (C=N–C) groups is 1. The third-order valence-corrected chi connectivity index (χ3v) is 5.07. The number of rotatable bonds is 4. The molecular formula is C21H26Cl2N2O2. The Morgan fingerprint density at radius 3 is 2.52 bits per heavy atom. The molecule has 0 radical (unpaired) electrons. The van der Waals surface area contributed by atoms with Gasteiger partial charge in [-0.25, -0.2) is 0 Å². The second-order valence-corrected chi connectivity index (χ2v) is 6.92. The molecule has 1 saturated carbocycles. The monoisotopic (exact) mass is 408 g/mol. The van der Waals surface area contributed by atoms with Crippen LogP contribution in [0.5, 0.6) is 11.5 Å². The van der Waals surface area contributed by atoms with Crippen molar-refractivity contribution in [3.05, 3.63) is 53.3 Å². The van der Waals surface area contributed by atoms with Crippen molar-refractivity contribution < 1.29 is 9.47 Å². The van der Waals surface area contributed by atoms with Gasteiger partial charge in [-0.05, 0) is 63.3 Å². The molecule has 146 valence electrons. The molecule has 4 rings (SSSR count). The van der Waals surface area contributed by atoms with Gasteiger partial charge in [0.15, 0.2) is 11.5 Å². The molecule has 27 heavy (non-hydrogen) atoms. The van der Waals surface area contributed by atoms with Crippen LogP contribution in [0.15, 0.2) is 41.7 Å². The number of halogens is 2. The Hall–Kier alpha value is -1.78. The molecule has 1 atom stereocenters. The number of pyridine rings is 1. The van der Waals surface area contributed by atoms with Crippen molar-refractivity contribution in [2.45, 2.75) is 51.2 Å². The lowest BCUT2D eigenvalue weighted by atomic mass is 9.90. The van der Waals surface area contributed by atoms with E-state index in [1.807, 2.05) is 18.3 Å². The van der Waals surface area contributed by atoms with Crippen molar-refractivity contribution in [3.8, 4) is 11.5 Å². The van der Waals surface area contributed by atoms with Gasteiger partial charge in [0.25, 0.3) is 0 Å². The minimum absolute atomic E-state index is 0. The summed E-state index contributed by atoms with van der Waals surface area (Å²) in [5, 5.41) is 0. The Bertz CT molecular complexity index is 790. The number of benzene rings is 1. The van der Waals surface area contributed by atoms with Crippen LogP contribution in [0, 0.1) is 0 Å². The van der Waals surface area contributed by atoms with E-state index >= 15 is 0 Å². The van der Waals surface area contributed by atoms with Gasteiger partial charge in [0.2, 0.25) is 0 Å². The maximum atomic E-state index is 6.43. The fourth-order valence-electron chi connectivity index (χ4n) is 3.86. The summed E-state index contributed by atoms with van der Waals surface area (Å²) in [6, 6.07) is 8.34. The molecule has 6 heteroatoms. The zero-order chi connectivity index (χ0) is 17.2. The lowest BCUT2D eigenvalue weighted by Crippen LogP contribution is -2.22. The molecule has 2 aromatic rings. The number of aromatic nitrogens is 1. The van der Waals surface area contributed by atoms with Crippen molar-refractivity contribution in [1.82, 2.24) is 4.98 Å². The summed E-state index contributed by atoms with van der Waals surface area (Å²) in [4.78, 5) is 9.16. The standard InChI is InChI=1S/C21H24N2O2.2ClH/c1-14-12-18-17(20(23-14)15-6-5-11-22-13-15)9-10-19(24-2)21(18)25-16-7-3-4-8-16;;/h5-6,9-11,13-14,16H,3-4,7-8,12H2,1-2H3;2*1H. The minimum Gasteiger partial charge on any atom is -0.493 e. The summed E-state index contributed by atoms with van der Waals surface area (Å²) < 4.78 is 12.1. The molecule has 1 fully saturated rings. The van der Waals surface area contributed by atoms with Crippen LogP contribution in [0.4, 0.5) is 0 Å². The zero-order valence-corrected chi connectivity index (χ0v) is 17.3. The van der Waals surface area contributed by atoms with E-state index in [2.05, 4.69) is 24.0 Å². The highest BCUT2D eigenvalue weighted by Crippen LogP contribution is 2.40. The van der Waals surface area contributed by atoms with Crippen LogP contribution in [0.2, 0.25) is 0 Å². The molecule has 0 amide bonds. The summed E-state index contributed by atoms with van der Waals surface area (Å²) in [5.41, 5.74) is 4.40. The van der Waals surface area contributed by atoms with Gasteiger partial charge in [-0.2, -0.15) is 0 Å². The smallest absolute Gasteiger partial charge is 0.165 e. The van der Waals surface area contributed by atoms with E-state index in [4.69, 9.17) is 14.5 Å². The van der Waals surface area contributed by atoms with Gasteiger partial charge >= 0.3 is 0 Å². The van der Waals surface area contributed by atoms with Gasteiger partial charge in [0.05, 0.1) is 25.0 Å². The van der Waals surface area contributed by atoms with E-state index in [1.54, 1.807) is 13.3 Å². The first-order valence-electron chi connectivity index (χ1n) is 9.11. The number of nitrogens with zero attached hydrogens (tertiary/aromatic N) is 2. The van der Waals surface area contributed by atoms with E-state index < -0.39 is 0 Å². The topological polar surface area (TPSA) is 43.7 Å². The van der Waals surface area contributed by atoms with E-state index in [0.29, 0.717) is 6.10 Å². The zero-order valence-electron chi connectivity index (χ0n) is 15.7. The molecule has 1 aromatic heterocycles. The first-order valence-corrected chi connectivity index (χ1v) is 9.11. The number of ether oxygens (including phenoxy) is 2. The molecule has 1 aliphatic heterocycles. The second-order valence-electron chi connectivity index (χ2n) is 6.92. The molecule has 0 spiro atoms. The third-order valence-electron chi connectivity index (χ3n) is 5.07. The summed E-state index contributed by atoms with van der Waals surface area (Å²) in [7, 11) is 1.71. The van der Waals surface area contributed by atoms with Crippen LogP contribution in [-0.2, 0) is 6.42 Å². The molecule has 1 aromatic carbocycles. The Labute approximate surface area is 173 Å². The van der Waals surface area contributed by atoms with Crippen LogP contribution in [0.1, 0.15) is 49.3 Å². The summed E-state index contributed by atoms with van der Waals surface area (Å²) in [5.74, 6) is 1.74. The molecule has 1 aliphatic carbocycles. The fraction of sp³-hybridized carbons (Fsp3) is 0.429. The summed E-state index contributed by atoms with van der Waals surface area (Å²) in [6.45, 7) is 2.15. The fourth-order valence-corrected chi connectivity index (χ4v) is 3.86. The normalized spacial score (nSPS) is 18.6. The van der Waals surface area contributed by atoms with Crippen LogP contribution >= 0.6 is 24.8 Å². The summed E-state index contributed by atoms with van der Waals surface area (Å²) in [6.07, 6.45) is 9.61. The maximum Gasteiger partial charge on any atom is 0.165 e. The first-order chi connectivity index (χ1) is 12.3. The predicted octanol–water partition coefficient (Wildman–Crippen LogP) is 5.04. The van der Waals surface area contributed by atoms with Gasteiger partial charge < -0.3 is 9.47 Å². The molecule has 4 nitrogen and oxygen atoms in total. The first kappa shape index (κ1) is 21.5. The molecule has 2 aliphatic rings. The molecule has 0 N–H and O–H groups in total. The highest BCUT2D eigenvalue weighted by molar-refractivity contribution is 6.14. The Morgan fingerprint density at radius 1 is 1.07 bits per heavy atom.